The Labute approximate surface area is 84.7 Å². The molecule has 0 N–H and O–H groups in total. The average molecular weight is 183 g/mol. The van der Waals surface area contributed by atoms with Gasteiger partial charge in [0.05, 0.1) is 12.5 Å². The molecule has 0 aliphatic heterocycles. The SMILES string of the molecule is CC1=C(CC#N)CCc2ccccc21. The summed E-state index contributed by atoms with van der Waals surface area (Å²) in [4.78, 5) is 0. The zero-order chi connectivity index (χ0) is 9.97. The molecule has 0 aromatic heterocycles. The molecule has 0 heterocycles. The van der Waals surface area contributed by atoms with Crippen molar-refractivity contribution < 1.29 is 0 Å². The van der Waals surface area contributed by atoms with Crippen LogP contribution in [0.25, 0.3) is 5.57 Å². The van der Waals surface area contributed by atoms with E-state index >= 15 is 0 Å². The third kappa shape index (κ3) is 1.44. The van der Waals surface area contributed by atoms with Gasteiger partial charge < -0.3 is 0 Å². The van der Waals surface area contributed by atoms with Crippen LogP contribution in [0.1, 0.15) is 30.9 Å². The molecule has 1 aliphatic carbocycles. The fourth-order valence-electron chi connectivity index (χ4n) is 2.08. The van der Waals surface area contributed by atoms with Crippen molar-refractivity contribution in [2.75, 3.05) is 0 Å². The first-order valence-electron chi connectivity index (χ1n) is 4.97. The van der Waals surface area contributed by atoms with E-state index in [1.807, 2.05) is 0 Å². The maximum Gasteiger partial charge on any atom is 0.0666 e. The molecular weight excluding hydrogens is 170 g/mol. The number of hydrogen-bond acceptors (Lipinski definition) is 1. The standard InChI is InChI=1S/C13H13N/c1-10-11(8-9-14)6-7-12-4-2-3-5-13(10)12/h2-5H,6-8H2,1H3. The van der Waals surface area contributed by atoms with Gasteiger partial charge in [0.25, 0.3) is 0 Å². The van der Waals surface area contributed by atoms with Crippen LogP contribution in [-0.2, 0) is 6.42 Å². The highest BCUT2D eigenvalue weighted by Crippen LogP contribution is 2.31. The quantitative estimate of drug-likeness (QED) is 0.655. The molecule has 1 aliphatic rings. The molecule has 1 nitrogen and oxygen atoms in total. The molecule has 14 heavy (non-hydrogen) atoms. The van der Waals surface area contributed by atoms with E-state index < -0.39 is 0 Å². The molecule has 0 bridgehead atoms. The number of benzene rings is 1. The van der Waals surface area contributed by atoms with Gasteiger partial charge in [-0.15, -0.1) is 0 Å². The number of rotatable bonds is 1. The lowest BCUT2D eigenvalue weighted by molar-refractivity contribution is 0.890. The minimum atomic E-state index is 0.583. The summed E-state index contributed by atoms with van der Waals surface area (Å²) >= 11 is 0. The Hall–Kier alpha value is -1.55. The summed E-state index contributed by atoms with van der Waals surface area (Å²) < 4.78 is 0. The van der Waals surface area contributed by atoms with E-state index in [2.05, 4.69) is 37.3 Å². The van der Waals surface area contributed by atoms with Crippen molar-refractivity contribution in [3.63, 3.8) is 0 Å². The fourth-order valence-corrected chi connectivity index (χ4v) is 2.08. The van der Waals surface area contributed by atoms with Crippen molar-refractivity contribution in [1.82, 2.24) is 0 Å². The van der Waals surface area contributed by atoms with Gasteiger partial charge >= 0.3 is 0 Å². The largest absolute Gasteiger partial charge is 0.198 e. The van der Waals surface area contributed by atoms with E-state index in [9.17, 15) is 0 Å². The zero-order valence-corrected chi connectivity index (χ0v) is 8.38. The summed E-state index contributed by atoms with van der Waals surface area (Å²) in [7, 11) is 0. The molecule has 0 spiro atoms. The Bertz CT molecular complexity index is 421. The first kappa shape index (κ1) is 9.02. The predicted molar refractivity (Wildman–Crippen MR) is 57.6 cm³/mol. The lowest BCUT2D eigenvalue weighted by Gasteiger charge is -2.19. The Balaban J connectivity index is 2.47. The Morgan fingerprint density at radius 3 is 2.86 bits per heavy atom. The number of aryl methyl sites for hydroxylation is 1. The van der Waals surface area contributed by atoms with E-state index in [1.165, 1.54) is 22.3 Å². The van der Waals surface area contributed by atoms with Crippen LogP contribution in [0, 0.1) is 11.3 Å². The number of hydrogen-bond donors (Lipinski definition) is 0. The molecule has 1 aromatic carbocycles. The fraction of sp³-hybridized carbons (Fsp3) is 0.308. The van der Waals surface area contributed by atoms with E-state index in [0.717, 1.165) is 12.8 Å². The van der Waals surface area contributed by atoms with Crippen LogP contribution in [0.3, 0.4) is 0 Å². The summed E-state index contributed by atoms with van der Waals surface area (Å²) in [5.74, 6) is 0. The second-order valence-corrected chi connectivity index (χ2v) is 3.72. The van der Waals surface area contributed by atoms with Gasteiger partial charge in [-0.1, -0.05) is 29.8 Å². The topological polar surface area (TPSA) is 23.8 Å². The summed E-state index contributed by atoms with van der Waals surface area (Å²) in [6, 6.07) is 10.7. The second kappa shape index (κ2) is 3.67. The van der Waals surface area contributed by atoms with Gasteiger partial charge in [0.1, 0.15) is 0 Å². The van der Waals surface area contributed by atoms with Crippen molar-refractivity contribution in [3.05, 3.63) is 41.0 Å². The Morgan fingerprint density at radius 2 is 2.07 bits per heavy atom. The Kier molecular flexibility index (Phi) is 2.37. The van der Waals surface area contributed by atoms with Gasteiger partial charge in [-0.3, -0.25) is 0 Å². The lowest BCUT2D eigenvalue weighted by atomic mass is 9.85. The van der Waals surface area contributed by atoms with Crippen LogP contribution in [0.5, 0.6) is 0 Å². The highest BCUT2D eigenvalue weighted by molar-refractivity contribution is 5.71. The number of allylic oxidation sites excluding steroid dienone is 2. The van der Waals surface area contributed by atoms with Crippen LogP contribution < -0.4 is 0 Å². The number of nitrogens with zero attached hydrogens (tertiary/aromatic N) is 1. The Morgan fingerprint density at radius 1 is 1.29 bits per heavy atom. The van der Waals surface area contributed by atoms with Crippen LogP contribution >= 0.6 is 0 Å². The van der Waals surface area contributed by atoms with Gasteiger partial charge in [-0.25, -0.2) is 0 Å². The molecule has 0 saturated heterocycles. The molecule has 1 aromatic rings. The zero-order valence-electron chi connectivity index (χ0n) is 8.38. The van der Waals surface area contributed by atoms with Gasteiger partial charge in [-0.05, 0) is 36.5 Å². The van der Waals surface area contributed by atoms with E-state index in [0.29, 0.717) is 6.42 Å². The van der Waals surface area contributed by atoms with Crippen molar-refractivity contribution in [1.29, 1.82) is 5.26 Å². The number of fused-ring (bicyclic) bond motifs is 1. The molecule has 0 radical (unpaired) electrons. The molecule has 0 atom stereocenters. The van der Waals surface area contributed by atoms with Gasteiger partial charge in [0, 0.05) is 0 Å². The summed E-state index contributed by atoms with van der Waals surface area (Å²) in [6.45, 7) is 2.13. The molecule has 0 fully saturated rings. The van der Waals surface area contributed by atoms with Crippen LogP contribution in [0.15, 0.2) is 29.8 Å². The molecule has 0 unspecified atom stereocenters. The number of nitriles is 1. The van der Waals surface area contributed by atoms with Crippen molar-refractivity contribution in [2.24, 2.45) is 0 Å². The predicted octanol–water partition coefficient (Wildman–Crippen LogP) is 3.32. The minimum Gasteiger partial charge on any atom is -0.198 e. The highest BCUT2D eigenvalue weighted by Gasteiger charge is 2.14. The molecule has 1 heteroatoms. The summed E-state index contributed by atoms with van der Waals surface area (Å²) in [5, 5.41) is 8.70. The third-order valence-electron chi connectivity index (χ3n) is 2.94. The smallest absolute Gasteiger partial charge is 0.0666 e. The molecule has 70 valence electrons. The van der Waals surface area contributed by atoms with Crippen LogP contribution in [0.2, 0.25) is 0 Å². The normalized spacial score (nSPS) is 14.9. The molecule has 2 rings (SSSR count). The van der Waals surface area contributed by atoms with Gasteiger partial charge in [0.2, 0.25) is 0 Å². The second-order valence-electron chi connectivity index (χ2n) is 3.72. The maximum absolute atomic E-state index is 8.70. The minimum absolute atomic E-state index is 0.583. The first-order chi connectivity index (χ1) is 6.83. The molecule has 0 amide bonds. The van der Waals surface area contributed by atoms with E-state index in [1.54, 1.807) is 0 Å². The summed E-state index contributed by atoms with van der Waals surface area (Å²) in [5.41, 5.74) is 5.38. The molecule has 0 saturated carbocycles. The van der Waals surface area contributed by atoms with E-state index in [4.69, 9.17) is 5.26 Å². The van der Waals surface area contributed by atoms with E-state index in [-0.39, 0.29) is 0 Å². The highest BCUT2D eigenvalue weighted by atomic mass is 14.3. The van der Waals surface area contributed by atoms with Crippen molar-refractivity contribution >= 4 is 5.57 Å². The average Bonchev–Trinajstić information content (AvgIpc) is 2.23. The maximum atomic E-state index is 8.70. The third-order valence-corrected chi connectivity index (χ3v) is 2.94. The van der Waals surface area contributed by atoms with Crippen molar-refractivity contribution in [2.45, 2.75) is 26.2 Å². The summed E-state index contributed by atoms with van der Waals surface area (Å²) in [6.07, 6.45) is 2.72. The van der Waals surface area contributed by atoms with Gasteiger partial charge in [0.15, 0.2) is 0 Å². The monoisotopic (exact) mass is 183 g/mol. The lowest BCUT2D eigenvalue weighted by Crippen LogP contribution is -2.02. The van der Waals surface area contributed by atoms with Crippen molar-refractivity contribution in [3.8, 4) is 6.07 Å². The first-order valence-corrected chi connectivity index (χ1v) is 4.97. The van der Waals surface area contributed by atoms with Crippen LogP contribution in [-0.4, -0.2) is 0 Å². The van der Waals surface area contributed by atoms with Crippen LogP contribution in [0.4, 0.5) is 0 Å². The molecular formula is C13H13N. The van der Waals surface area contributed by atoms with Gasteiger partial charge in [-0.2, -0.15) is 5.26 Å².